The van der Waals surface area contributed by atoms with Gasteiger partial charge in [-0.1, -0.05) is 6.08 Å². The maximum absolute atomic E-state index is 13.6. The van der Waals surface area contributed by atoms with E-state index in [9.17, 15) is 10.1 Å². The highest BCUT2D eigenvalue weighted by molar-refractivity contribution is 7.81. The molecule has 2 aliphatic heterocycles. The van der Waals surface area contributed by atoms with Crippen LogP contribution in [0.15, 0.2) is 43.2 Å². The third-order valence-corrected chi connectivity index (χ3v) is 7.57. The van der Waals surface area contributed by atoms with E-state index in [4.69, 9.17) is 17.0 Å². The van der Waals surface area contributed by atoms with Crippen molar-refractivity contribution >= 4 is 34.6 Å². The number of piperidine rings is 1. The zero-order valence-electron chi connectivity index (χ0n) is 19.8. The number of rotatable bonds is 6. The Balaban J connectivity index is 1.35. The van der Waals surface area contributed by atoms with E-state index in [1.165, 1.54) is 0 Å². The minimum absolute atomic E-state index is 0.0498. The first-order valence-electron chi connectivity index (χ1n) is 12.0. The molecule has 0 aromatic carbocycles. The Morgan fingerprint density at radius 3 is 2.57 bits per heavy atom. The van der Waals surface area contributed by atoms with Crippen molar-refractivity contribution in [2.75, 3.05) is 29.4 Å². The molecule has 3 fully saturated rings. The number of anilines is 2. The van der Waals surface area contributed by atoms with Gasteiger partial charge in [0.05, 0.1) is 23.8 Å². The maximum Gasteiger partial charge on any atom is 0.259 e. The fourth-order valence-corrected chi connectivity index (χ4v) is 5.61. The first-order valence-corrected chi connectivity index (χ1v) is 12.4. The summed E-state index contributed by atoms with van der Waals surface area (Å²) in [6.07, 6.45) is 9.70. The summed E-state index contributed by atoms with van der Waals surface area (Å²) in [5.41, 5.74) is 1.71. The van der Waals surface area contributed by atoms with Crippen LogP contribution in [0.2, 0.25) is 0 Å². The summed E-state index contributed by atoms with van der Waals surface area (Å²) >= 11 is 5.82. The van der Waals surface area contributed by atoms with Crippen LogP contribution in [0.5, 0.6) is 5.88 Å². The molecule has 1 amide bonds. The predicted molar refractivity (Wildman–Crippen MR) is 137 cm³/mol. The molecule has 0 bridgehead atoms. The Hall–Kier alpha value is -3.35. The lowest BCUT2D eigenvalue weighted by atomic mass is 9.75. The zero-order valence-corrected chi connectivity index (χ0v) is 20.6. The lowest BCUT2D eigenvalue weighted by Crippen LogP contribution is -2.55. The molecular formula is C26H28N6O2S. The molecule has 3 aliphatic rings. The van der Waals surface area contributed by atoms with Crippen molar-refractivity contribution < 1.29 is 9.53 Å². The Morgan fingerprint density at radius 2 is 2.00 bits per heavy atom. The molecule has 2 aromatic heterocycles. The van der Waals surface area contributed by atoms with Crippen LogP contribution in [-0.2, 0) is 4.79 Å². The minimum Gasteiger partial charge on any atom is -0.474 e. The van der Waals surface area contributed by atoms with Crippen molar-refractivity contribution in [2.45, 2.75) is 50.7 Å². The Morgan fingerprint density at radius 1 is 1.26 bits per heavy atom. The summed E-state index contributed by atoms with van der Waals surface area (Å²) in [6, 6.07) is 7.65. The normalized spacial score (nSPS) is 20.1. The number of thiocarbonyl (C=S) groups is 1. The van der Waals surface area contributed by atoms with Gasteiger partial charge < -0.3 is 9.64 Å². The molecule has 8 nitrogen and oxygen atoms in total. The topological polar surface area (TPSA) is 85.6 Å². The number of carbonyl (C=O) groups is 1. The van der Waals surface area contributed by atoms with E-state index in [-0.39, 0.29) is 12.0 Å². The lowest BCUT2D eigenvalue weighted by Gasteiger charge is -2.42. The predicted octanol–water partition coefficient (Wildman–Crippen LogP) is 3.75. The minimum atomic E-state index is -0.694. The van der Waals surface area contributed by atoms with Gasteiger partial charge in [-0.05, 0) is 68.9 Å². The number of ether oxygens (including phenoxy) is 1. The molecule has 180 valence electrons. The second-order valence-electron chi connectivity index (χ2n) is 9.38. The van der Waals surface area contributed by atoms with Crippen LogP contribution >= 0.6 is 12.2 Å². The zero-order chi connectivity index (χ0) is 24.6. The number of amides is 1. The molecule has 0 N–H and O–H groups in total. The van der Waals surface area contributed by atoms with Crippen LogP contribution in [-0.4, -0.2) is 57.2 Å². The average molecular weight is 489 g/mol. The molecule has 1 spiro atoms. The van der Waals surface area contributed by atoms with Crippen LogP contribution in [0, 0.1) is 18.3 Å². The monoisotopic (exact) mass is 488 g/mol. The highest BCUT2D eigenvalue weighted by Gasteiger charge is 2.59. The molecule has 1 aliphatic carbocycles. The quantitative estimate of drug-likeness (QED) is 0.449. The van der Waals surface area contributed by atoms with Gasteiger partial charge in [-0.3, -0.25) is 14.6 Å². The van der Waals surface area contributed by atoms with E-state index in [2.05, 4.69) is 27.5 Å². The van der Waals surface area contributed by atoms with Gasteiger partial charge in [0.15, 0.2) is 5.11 Å². The van der Waals surface area contributed by atoms with E-state index < -0.39 is 5.54 Å². The van der Waals surface area contributed by atoms with E-state index in [1.807, 2.05) is 30.0 Å². The number of hydrogen-bond donors (Lipinski definition) is 0. The van der Waals surface area contributed by atoms with E-state index in [1.54, 1.807) is 23.4 Å². The van der Waals surface area contributed by atoms with Gasteiger partial charge >= 0.3 is 0 Å². The first kappa shape index (κ1) is 23.4. The second-order valence-corrected chi connectivity index (χ2v) is 9.74. The molecule has 0 atom stereocenters. The molecule has 2 saturated heterocycles. The summed E-state index contributed by atoms with van der Waals surface area (Å²) in [5.74, 6) is 0.532. The summed E-state index contributed by atoms with van der Waals surface area (Å²) in [6.45, 7) is 8.50. The van der Waals surface area contributed by atoms with Crippen LogP contribution in [0.1, 0.15) is 43.4 Å². The van der Waals surface area contributed by atoms with Crippen LogP contribution in [0.25, 0.3) is 0 Å². The van der Waals surface area contributed by atoms with Crippen molar-refractivity contribution in [3.63, 3.8) is 0 Å². The third-order valence-electron chi connectivity index (χ3n) is 7.21. The summed E-state index contributed by atoms with van der Waals surface area (Å²) < 4.78 is 6.14. The molecule has 1 saturated carbocycles. The molecule has 0 unspecified atom stereocenters. The number of pyridine rings is 2. The van der Waals surface area contributed by atoms with Crippen molar-refractivity contribution in [3.8, 4) is 11.9 Å². The number of nitrogens with zero attached hydrogens (tertiary/aromatic N) is 6. The summed E-state index contributed by atoms with van der Waals surface area (Å²) in [7, 11) is 0. The van der Waals surface area contributed by atoms with Gasteiger partial charge in [0.2, 0.25) is 5.88 Å². The smallest absolute Gasteiger partial charge is 0.259 e. The Bertz CT molecular complexity index is 1200. The molecule has 35 heavy (non-hydrogen) atoms. The van der Waals surface area contributed by atoms with E-state index in [0.29, 0.717) is 27.9 Å². The van der Waals surface area contributed by atoms with Gasteiger partial charge in [0, 0.05) is 25.7 Å². The SMILES string of the molecule is C=CCN1CCC(Oc2ccc(N3C(=S)N(c4cnc(C#N)c(C)c4)C(=O)C34CCC4)cn2)CC1. The van der Waals surface area contributed by atoms with Crippen molar-refractivity contribution in [1.29, 1.82) is 5.26 Å². The van der Waals surface area contributed by atoms with Crippen molar-refractivity contribution in [2.24, 2.45) is 0 Å². The number of nitriles is 1. The Labute approximate surface area is 210 Å². The maximum atomic E-state index is 13.6. The largest absolute Gasteiger partial charge is 0.474 e. The first-order chi connectivity index (χ1) is 17.0. The number of carbonyl (C=O) groups excluding carboxylic acids is 1. The third kappa shape index (κ3) is 4.07. The molecule has 9 heteroatoms. The Kier molecular flexibility index (Phi) is 6.26. The molecule has 4 heterocycles. The van der Waals surface area contributed by atoms with Gasteiger partial charge in [-0.15, -0.1) is 6.58 Å². The highest BCUT2D eigenvalue weighted by atomic mass is 32.1. The van der Waals surface area contributed by atoms with Gasteiger partial charge in [-0.2, -0.15) is 5.26 Å². The summed E-state index contributed by atoms with van der Waals surface area (Å²) in [5, 5.41) is 9.62. The lowest BCUT2D eigenvalue weighted by molar-refractivity contribution is -0.123. The van der Waals surface area contributed by atoms with E-state index in [0.717, 1.165) is 57.4 Å². The molecule has 2 aromatic rings. The fraction of sp³-hybridized carbons (Fsp3) is 0.423. The van der Waals surface area contributed by atoms with Gasteiger partial charge in [-0.25, -0.2) is 9.97 Å². The summed E-state index contributed by atoms with van der Waals surface area (Å²) in [4.78, 5) is 28.2. The van der Waals surface area contributed by atoms with Crippen molar-refractivity contribution in [1.82, 2.24) is 14.9 Å². The van der Waals surface area contributed by atoms with Crippen molar-refractivity contribution in [3.05, 3.63) is 54.5 Å². The molecule has 0 radical (unpaired) electrons. The van der Waals surface area contributed by atoms with E-state index >= 15 is 0 Å². The second kappa shape index (κ2) is 9.36. The van der Waals surface area contributed by atoms with Crippen LogP contribution in [0.4, 0.5) is 11.4 Å². The van der Waals surface area contributed by atoms with Gasteiger partial charge in [0.1, 0.15) is 23.4 Å². The fourth-order valence-electron chi connectivity index (χ4n) is 5.14. The standard InChI is InChI=1S/C26H28N6O2S/c1-3-11-30-12-7-21(8-13-30)34-23-6-5-19(16-29-23)32-25(35)31(24(33)26(32)9-4-10-26)20-14-18(2)22(15-27)28-17-20/h3,5-6,14,16-17,21H,1,4,7-13H2,2H3. The average Bonchev–Trinajstić information content (AvgIpc) is 3.07. The highest BCUT2D eigenvalue weighted by Crippen LogP contribution is 2.47. The van der Waals surface area contributed by atoms with Crippen LogP contribution < -0.4 is 14.5 Å². The molecular weight excluding hydrogens is 460 g/mol. The number of aryl methyl sites for hydroxylation is 1. The van der Waals surface area contributed by atoms with Gasteiger partial charge in [0.25, 0.3) is 5.91 Å². The number of aromatic nitrogens is 2. The number of likely N-dealkylation sites (tertiary alicyclic amines) is 1. The molecule has 5 rings (SSSR count). The number of hydrogen-bond acceptors (Lipinski definition) is 7. The van der Waals surface area contributed by atoms with Crippen LogP contribution in [0.3, 0.4) is 0 Å².